The van der Waals surface area contributed by atoms with Gasteiger partial charge in [0.2, 0.25) is 0 Å². The average Bonchev–Trinajstić information content (AvgIpc) is 2.65. The van der Waals surface area contributed by atoms with Crippen molar-refractivity contribution in [2.75, 3.05) is 5.73 Å². The predicted molar refractivity (Wildman–Crippen MR) is 85.4 cm³/mol. The van der Waals surface area contributed by atoms with Gasteiger partial charge < -0.3 is 5.73 Å². The third kappa shape index (κ3) is 2.87. The van der Waals surface area contributed by atoms with Crippen LogP contribution in [-0.2, 0) is 13.5 Å². The SMILES string of the molecule is CC(Cc1nn(C)c(N)c1-c1ccccc1)C(C)(C)C. The van der Waals surface area contributed by atoms with Crippen molar-refractivity contribution in [3.63, 3.8) is 0 Å². The summed E-state index contributed by atoms with van der Waals surface area (Å²) in [5, 5.41) is 4.63. The van der Waals surface area contributed by atoms with E-state index in [-0.39, 0.29) is 5.41 Å². The maximum Gasteiger partial charge on any atom is 0.129 e. The number of hydrogen-bond donors (Lipinski definition) is 1. The zero-order chi connectivity index (χ0) is 14.9. The van der Waals surface area contributed by atoms with E-state index >= 15 is 0 Å². The summed E-state index contributed by atoms with van der Waals surface area (Å²) in [6, 6.07) is 10.3. The second kappa shape index (κ2) is 5.31. The van der Waals surface area contributed by atoms with E-state index in [1.165, 1.54) is 0 Å². The molecule has 0 saturated carbocycles. The molecule has 1 heterocycles. The Morgan fingerprint density at radius 2 is 1.80 bits per heavy atom. The first-order chi connectivity index (χ1) is 9.30. The van der Waals surface area contributed by atoms with Crippen molar-refractivity contribution in [2.24, 2.45) is 18.4 Å². The molecule has 0 aliphatic carbocycles. The van der Waals surface area contributed by atoms with Gasteiger partial charge in [-0.25, -0.2) is 0 Å². The van der Waals surface area contributed by atoms with Crippen LogP contribution in [0, 0.1) is 11.3 Å². The van der Waals surface area contributed by atoms with E-state index in [0.29, 0.717) is 5.92 Å². The molecule has 108 valence electrons. The minimum Gasteiger partial charge on any atom is -0.383 e. The molecule has 0 spiro atoms. The Morgan fingerprint density at radius 3 is 2.35 bits per heavy atom. The highest BCUT2D eigenvalue weighted by atomic mass is 15.3. The lowest BCUT2D eigenvalue weighted by Crippen LogP contribution is -2.20. The maximum atomic E-state index is 6.22. The van der Waals surface area contributed by atoms with Crippen molar-refractivity contribution >= 4 is 5.82 Å². The fraction of sp³-hybridized carbons (Fsp3) is 0.471. The van der Waals surface area contributed by atoms with Crippen LogP contribution in [-0.4, -0.2) is 9.78 Å². The maximum absolute atomic E-state index is 6.22. The number of aromatic nitrogens is 2. The second-order valence-electron chi connectivity index (χ2n) is 6.67. The van der Waals surface area contributed by atoms with Gasteiger partial charge in [0.1, 0.15) is 5.82 Å². The summed E-state index contributed by atoms with van der Waals surface area (Å²) in [5.74, 6) is 1.28. The number of anilines is 1. The van der Waals surface area contributed by atoms with Crippen LogP contribution in [0.5, 0.6) is 0 Å². The third-order valence-electron chi connectivity index (χ3n) is 4.20. The van der Waals surface area contributed by atoms with Crippen molar-refractivity contribution in [3.05, 3.63) is 36.0 Å². The molecule has 0 amide bonds. The van der Waals surface area contributed by atoms with Crippen LogP contribution >= 0.6 is 0 Å². The van der Waals surface area contributed by atoms with Gasteiger partial charge >= 0.3 is 0 Å². The van der Waals surface area contributed by atoms with Crippen LogP contribution in [0.15, 0.2) is 30.3 Å². The Labute approximate surface area is 121 Å². The molecule has 0 fully saturated rings. The zero-order valence-corrected chi connectivity index (χ0v) is 13.1. The minimum absolute atomic E-state index is 0.264. The summed E-state index contributed by atoms with van der Waals surface area (Å²) in [6.45, 7) is 9.09. The van der Waals surface area contributed by atoms with Crippen molar-refractivity contribution in [1.29, 1.82) is 0 Å². The molecule has 2 aromatic rings. The Hall–Kier alpha value is -1.77. The van der Waals surface area contributed by atoms with Crippen LogP contribution in [0.25, 0.3) is 11.1 Å². The molecule has 3 nitrogen and oxygen atoms in total. The molecule has 0 aliphatic heterocycles. The number of hydrogen-bond acceptors (Lipinski definition) is 2. The van der Waals surface area contributed by atoms with E-state index in [1.807, 2.05) is 25.2 Å². The third-order valence-corrected chi connectivity index (χ3v) is 4.20. The number of nitrogen functional groups attached to an aromatic ring is 1. The monoisotopic (exact) mass is 271 g/mol. The summed E-state index contributed by atoms with van der Waals surface area (Å²) in [4.78, 5) is 0. The molecule has 2 rings (SSSR count). The van der Waals surface area contributed by atoms with Gasteiger partial charge in [0.15, 0.2) is 0 Å². The van der Waals surface area contributed by atoms with Gasteiger partial charge in [-0.05, 0) is 23.3 Å². The molecular weight excluding hydrogens is 246 g/mol. The van der Waals surface area contributed by atoms with Gasteiger partial charge in [0.25, 0.3) is 0 Å². The van der Waals surface area contributed by atoms with Crippen LogP contribution in [0.4, 0.5) is 5.82 Å². The predicted octanol–water partition coefficient (Wildman–Crippen LogP) is 3.89. The van der Waals surface area contributed by atoms with E-state index < -0.39 is 0 Å². The molecule has 0 radical (unpaired) electrons. The van der Waals surface area contributed by atoms with Gasteiger partial charge in [-0.3, -0.25) is 4.68 Å². The second-order valence-corrected chi connectivity index (χ2v) is 6.67. The van der Waals surface area contributed by atoms with Crippen molar-refractivity contribution in [3.8, 4) is 11.1 Å². The molecule has 20 heavy (non-hydrogen) atoms. The highest BCUT2D eigenvalue weighted by Gasteiger charge is 2.24. The molecule has 3 heteroatoms. The topological polar surface area (TPSA) is 43.8 Å². The summed E-state index contributed by atoms with van der Waals surface area (Å²) >= 11 is 0. The van der Waals surface area contributed by atoms with Gasteiger partial charge in [0, 0.05) is 12.6 Å². The smallest absolute Gasteiger partial charge is 0.129 e. The van der Waals surface area contributed by atoms with Gasteiger partial charge in [-0.15, -0.1) is 0 Å². The highest BCUT2D eigenvalue weighted by Crippen LogP contribution is 2.34. The standard InChI is InChI=1S/C17H25N3/c1-12(17(2,3)4)11-14-15(16(18)20(5)19-14)13-9-7-6-8-10-13/h6-10,12H,11,18H2,1-5H3. The quantitative estimate of drug-likeness (QED) is 0.920. The Morgan fingerprint density at radius 1 is 1.20 bits per heavy atom. The summed E-state index contributed by atoms with van der Waals surface area (Å²) in [6.07, 6.45) is 0.943. The van der Waals surface area contributed by atoms with Crippen molar-refractivity contribution in [1.82, 2.24) is 9.78 Å². The molecule has 1 atom stereocenters. The normalized spacial score (nSPS) is 13.4. The summed E-state index contributed by atoms with van der Waals surface area (Å²) < 4.78 is 1.78. The van der Waals surface area contributed by atoms with E-state index in [9.17, 15) is 0 Å². The fourth-order valence-corrected chi connectivity index (χ4v) is 2.25. The largest absolute Gasteiger partial charge is 0.383 e. The zero-order valence-electron chi connectivity index (χ0n) is 13.1. The number of rotatable bonds is 3. The lowest BCUT2D eigenvalue weighted by Gasteiger charge is -2.26. The van der Waals surface area contributed by atoms with Gasteiger partial charge in [-0.2, -0.15) is 5.10 Å². The summed E-state index contributed by atoms with van der Waals surface area (Å²) in [7, 11) is 1.91. The molecule has 0 aliphatic rings. The van der Waals surface area contributed by atoms with E-state index in [2.05, 4.69) is 44.9 Å². The Bertz CT molecular complexity index is 576. The Kier molecular flexibility index (Phi) is 3.89. The molecule has 1 unspecified atom stereocenters. The van der Waals surface area contributed by atoms with E-state index in [1.54, 1.807) is 4.68 Å². The highest BCUT2D eigenvalue weighted by molar-refractivity contribution is 5.76. The average molecular weight is 271 g/mol. The van der Waals surface area contributed by atoms with Gasteiger partial charge in [0.05, 0.1) is 5.69 Å². The molecule has 0 bridgehead atoms. The first-order valence-corrected chi connectivity index (χ1v) is 7.17. The number of benzene rings is 1. The van der Waals surface area contributed by atoms with E-state index in [0.717, 1.165) is 29.1 Å². The molecule has 0 saturated heterocycles. The number of aryl methyl sites for hydroxylation is 1. The van der Waals surface area contributed by atoms with Crippen LogP contribution in [0.2, 0.25) is 0 Å². The first-order valence-electron chi connectivity index (χ1n) is 7.17. The summed E-state index contributed by atoms with van der Waals surface area (Å²) in [5.41, 5.74) is 9.82. The van der Waals surface area contributed by atoms with Crippen LogP contribution < -0.4 is 5.73 Å². The molecular formula is C17H25N3. The minimum atomic E-state index is 0.264. The fourth-order valence-electron chi connectivity index (χ4n) is 2.25. The molecule has 1 aromatic heterocycles. The first kappa shape index (κ1) is 14.6. The van der Waals surface area contributed by atoms with Crippen LogP contribution in [0.1, 0.15) is 33.4 Å². The lowest BCUT2D eigenvalue weighted by molar-refractivity contribution is 0.258. The number of nitrogens with zero attached hydrogens (tertiary/aromatic N) is 2. The lowest BCUT2D eigenvalue weighted by atomic mass is 9.79. The van der Waals surface area contributed by atoms with E-state index in [4.69, 9.17) is 5.73 Å². The van der Waals surface area contributed by atoms with Crippen molar-refractivity contribution in [2.45, 2.75) is 34.1 Å². The van der Waals surface area contributed by atoms with Crippen LogP contribution in [0.3, 0.4) is 0 Å². The Balaban J connectivity index is 2.43. The number of nitrogens with two attached hydrogens (primary N) is 1. The van der Waals surface area contributed by atoms with Crippen molar-refractivity contribution < 1.29 is 0 Å². The molecule has 2 N–H and O–H groups in total. The van der Waals surface area contributed by atoms with Gasteiger partial charge in [-0.1, -0.05) is 58.0 Å². The molecule has 1 aromatic carbocycles.